The third kappa shape index (κ3) is 4.26. The molecule has 0 radical (unpaired) electrons. The van der Waals surface area contributed by atoms with Crippen LogP contribution in [0.2, 0.25) is 0 Å². The monoisotopic (exact) mass is 362 g/mol. The first kappa shape index (κ1) is 18.1. The first-order valence-electron chi connectivity index (χ1n) is 8.34. The van der Waals surface area contributed by atoms with Crippen molar-refractivity contribution in [1.29, 1.82) is 0 Å². The van der Waals surface area contributed by atoms with Gasteiger partial charge in [0.2, 0.25) is 11.8 Å². The van der Waals surface area contributed by atoms with E-state index in [0.717, 1.165) is 19.4 Å². The molecule has 0 bridgehead atoms. The van der Waals surface area contributed by atoms with Gasteiger partial charge in [-0.25, -0.2) is 8.78 Å². The summed E-state index contributed by atoms with van der Waals surface area (Å²) in [6.45, 7) is 0.933. The van der Waals surface area contributed by atoms with E-state index in [2.05, 4.69) is 20.9 Å². The third-order valence-corrected chi connectivity index (χ3v) is 4.15. The number of pyridine rings is 1. The molecule has 2 heterocycles. The first-order valence-corrected chi connectivity index (χ1v) is 8.34. The summed E-state index contributed by atoms with van der Waals surface area (Å²) in [7, 11) is 1.42. The normalized spacial score (nSPS) is 16.3. The summed E-state index contributed by atoms with van der Waals surface area (Å²) in [6, 6.07) is 6.53. The summed E-state index contributed by atoms with van der Waals surface area (Å²) in [5.74, 6) is -0.946. The number of ether oxygens (including phenoxy) is 1. The second kappa shape index (κ2) is 8.09. The fourth-order valence-electron chi connectivity index (χ4n) is 2.78. The Hall–Kier alpha value is -2.74. The summed E-state index contributed by atoms with van der Waals surface area (Å²) < 4.78 is 32.5. The molecule has 3 rings (SSSR count). The van der Waals surface area contributed by atoms with Gasteiger partial charge < -0.3 is 20.7 Å². The average Bonchev–Trinajstić information content (AvgIpc) is 3.18. The maximum absolute atomic E-state index is 14.4. The molecular formula is C18H20F2N4O2. The van der Waals surface area contributed by atoms with Crippen molar-refractivity contribution in [2.45, 2.75) is 25.4 Å². The van der Waals surface area contributed by atoms with Gasteiger partial charge in [-0.15, -0.1) is 0 Å². The molecule has 1 fully saturated rings. The number of carbonyl (C=O) groups is 1. The van der Waals surface area contributed by atoms with Gasteiger partial charge in [0.15, 0.2) is 11.6 Å². The number of nitrogens with one attached hydrogen (secondary N) is 3. The lowest BCUT2D eigenvalue weighted by atomic mass is 10.2. The van der Waals surface area contributed by atoms with Gasteiger partial charge in [-0.3, -0.25) is 4.79 Å². The Bertz CT molecular complexity index is 778. The minimum absolute atomic E-state index is 0.0407. The van der Waals surface area contributed by atoms with Crippen LogP contribution in [0.25, 0.3) is 0 Å². The number of hydrogen-bond donors (Lipinski definition) is 3. The molecule has 0 aliphatic carbocycles. The van der Waals surface area contributed by atoms with Crippen molar-refractivity contribution in [3.05, 3.63) is 47.5 Å². The molecular weight excluding hydrogens is 342 g/mol. The molecule has 1 aliphatic rings. The number of carbonyl (C=O) groups excluding carboxylic acids is 1. The topological polar surface area (TPSA) is 75.3 Å². The molecule has 8 heteroatoms. The summed E-state index contributed by atoms with van der Waals surface area (Å²) >= 11 is 0. The van der Waals surface area contributed by atoms with Gasteiger partial charge >= 0.3 is 0 Å². The number of methoxy groups -OCH3 is 1. The number of amides is 1. The van der Waals surface area contributed by atoms with E-state index in [1.807, 2.05) is 0 Å². The van der Waals surface area contributed by atoms with Gasteiger partial charge in [-0.05, 0) is 49.7 Å². The van der Waals surface area contributed by atoms with Crippen LogP contribution in [0.3, 0.4) is 0 Å². The van der Waals surface area contributed by atoms with E-state index < -0.39 is 5.82 Å². The molecule has 3 N–H and O–H groups in total. The molecule has 1 atom stereocenters. The van der Waals surface area contributed by atoms with E-state index in [-0.39, 0.29) is 36.0 Å². The molecule has 2 aromatic rings. The molecule has 1 aliphatic heterocycles. The largest absolute Gasteiger partial charge is 0.481 e. The summed E-state index contributed by atoms with van der Waals surface area (Å²) in [5, 5.41) is 8.65. The van der Waals surface area contributed by atoms with Gasteiger partial charge in [-0.1, -0.05) is 0 Å². The van der Waals surface area contributed by atoms with Crippen LogP contribution in [-0.2, 0) is 11.3 Å². The Labute approximate surface area is 150 Å². The minimum Gasteiger partial charge on any atom is -0.481 e. The minimum atomic E-state index is -0.599. The van der Waals surface area contributed by atoms with Crippen molar-refractivity contribution in [2.75, 3.05) is 19.0 Å². The quantitative estimate of drug-likeness (QED) is 0.736. The standard InChI is InChI=1S/C18H20F2N4O2/c1-26-18-11(10-22-17(25)15-3-2-8-21-15)9-14(20)16(24-18)23-13-6-4-12(19)5-7-13/h4-7,9,15,21H,2-3,8,10H2,1H3,(H,22,25)(H,23,24)/t15-/m0/s1. The first-order chi connectivity index (χ1) is 12.6. The maximum atomic E-state index is 14.4. The van der Waals surface area contributed by atoms with Crippen LogP contribution < -0.4 is 20.7 Å². The molecule has 1 amide bonds. The Balaban J connectivity index is 1.71. The molecule has 138 valence electrons. The van der Waals surface area contributed by atoms with E-state index in [9.17, 15) is 13.6 Å². The lowest BCUT2D eigenvalue weighted by Gasteiger charge is -2.14. The molecule has 26 heavy (non-hydrogen) atoms. The van der Waals surface area contributed by atoms with Gasteiger partial charge in [0.1, 0.15) is 5.82 Å². The van der Waals surface area contributed by atoms with E-state index in [1.54, 1.807) is 0 Å². The summed E-state index contributed by atoms with van der Waals surface area (Å²) in [6.07, 6.45) is 1.75. The SMILES string of the molecule is COc1nc(Nc2ccc(F)cc2)c(F)cc1CNC(=O)[C@@H]1CCCN1. The highest BCUT2D eigenvalue weighted by Gasteiger charge is 2.22. The molecule has 1 aromatic heterocycles. The van der Waals surface area contributed by atoms with Crippen LogP contribution in [-0.4, -0.2) is 30.6 Å². The summed E-state index contributed by atoms with van der Waals surface area (Å²) in [4.78, 5) is 16.2. The number of hydrogen-bond acceptors (Lipinski definition) is 5. The number of benzene rings is 1. The number of nitrogens with zero attached hydrogens (tertiary/aromatic N) is 1. The van der Waals surface area contributed by atoms with Crippen molar-refractivity contribution in [3.63, 3.8) is 0 Å². The smallest absolute Gasteiger partial charge is 0.237 e. The van der Waals surface area contributed by atoms with Crippen LogP contribution in [0.1, 0.15) is 18.4 Å². The van der Waals surface area contributed by atoms with Crippen molar-refractivity contribution in [1.82, 2.24) is 15.6 Å². The van der Waals surface area contributed by atoms with Gasteiger partial charge in [0.05, 0.1) is 13.2 Å². The van der Waals surface area contributed by atoms with Crippen LogP contribution in [0.15, 0.2) is 30.3 Å². The van der Waals surface area contributed by atoms with Crippen molar-refractivity contribution in [3.8, 4) is 5.88 Å². The fraction of sp³-hybridized carbons (Fsp3) is 0.333. The van der Waals surface area contributed by atoms with Crippen molar-refractivity contribution in [2.24, 2.45) is 0 Å². The van der Waals surface area contributed by atoms with Crippen molar-refractivity contribution >= 4 is 17.4 Å². The lowest BCUT2D eigenvalue weighted by Crippen LogP contribution is -2.40. The molecule has 0 spiro atoms. The van der Waals surface area contributed by atoms with E-state index >= 15 is 0 Å². The third-order valence-electron chi connectivity index (χ3n) is 4.15. The van der Waals surface area contributed by atoms with Crippen molar-refractivity contribution < 1.29 is 18.3 Å². The highest BCUT2D eigenvalue weighted by molar-refractivity contribution is 5.82. The maximum Gasteiger partial charge on any atom is 0.237 e. The molecule has 1 aromatic carbocycles. The second-order valence-corrected chi connectivity index (χ2v) is 5.99. The Morgan fingerprint density at radius 2 is 2.12 bits per heavy atom. The molecule has 6 nitrogen and oxygen atoms in total. The predicted octanol–water partition coefficient (Wildman–Crippen LogP) is 2.48. The Kier molecular flexibility index (Phi) is 5.62. The molecule has 0 saturated carbocycles. The van der Waals surface area contributed by atoms with Gasteiger partial charge in [0, 0.05) is 17.8 Å². The Morgan fingerprint density at radius 3 is 2.77 bits per heavy atom. The van der Waals surface area contributed by atoms with E-state index in [4.69, 9.17) is 4.74 Å². The zero-order chi connectivity index (χ0) is 18.5. The second-order valence-electron chi connectivity index (χ2n) is 5.99. The van der Waals surface area contributed by atoms with Gasteiger partial charge in [-0.2, -0.15) is 4.98 Å². The van der Waals surface area contributed by atoms with Crippen LogP contribution in [0.4, 0.5) is 20.3 Å². The van der Waals surface area contributed by atoms with Crippen LogP contribution >= 0.6 is 0 Å². The van der Waals surface area contributed by atoms with Crippen LogP contribution in [0.5, 0.6) is 5.88 Å². The summed E-state index contributed by atoms with van der Waals surface area (Å²) in [5.41, 5.74) is 0.925. The molecule has 1 saturated heterocycles. The number of rotatable bonds is 6. The Morgan fingerprint density at radius 1 is 1.35 bits per heavy atom. The highest BCUT2D eigenvalue weighted by atomic mass is 19.1. The predicted molar refractivity (Wildman–Crippen MR) is 93.3 cm³/mol. The van der Waals surface area contributed by atoms with E-state index in [1.165, 1.54) is 37.4 Å². The zero-order valence-corrected chi connectivity index (χ0v) is 14.3. The number of anilines is 2. The lowest BCUT2D eigenvalue weighted by molar-refractivity contribution is -0.122. The highest BCUT2D eigenvalue weighted by Crippen LogP contribution is 2.25. The average molecular weight is 362 g/mol. The van der Waals surface area contributed by atoms with Gasteiger partial charge in [0.25, 0.3) is 0 Å². The van der Waals surface area contributed by atoms with E-state index in [0.29, 0.717) is 11.3 Å². The fourth-order valence-corrected chi connectivity index (χ4v) is 2.78. The number of aromatic nitrogens is 1. The van der Waals surface area contributed by atoms with Crippen LogP contribution in [0, 0.1) is 11.6 Å². The number of halogens is 2. The zero-order valence-electron chi connectivity index (χ0n) is 14.3. The molecule has 0 unspecified atom stereocenters.